The maximum atomic E-state index is 12.2. The lowest BCUT2D eigenvalue weighted by Crippen LogP contribution is -2.05. The third kappa shape index (κ3) is 4.21. The Kier molecular flexibility index (Phi) is 5.38. The molecule has 116 valence electrons. The minimum absolute atomic E-state index is 0.0327. The molecule has 1 heterocycles. The molecule has 0 saturated carbocycles. The van der Waals surface area contributed by atoms with Gasteiger partial charge in [-0.25, -0.2) is 9.97 Å². The summed E-state index contributed by atoms with van der Waals surface area (Å²) in [6, 6.07) is 9.26. The Morgan fingerprint density at radius 1 is 1.18 bits per heavy atom. The highest BCUT2D eigenvalue weighted by Crippen LogP contribution is 2.21. The standard InChI is InChI=1S/C16H20N4OS/c1-3-10(2)11-4-6-12(7-5-11)13(21)9-22-16-19-14(17)8-15(18)20-16/h4-8,10H,3,9H2,1-2H3,(H4,17,18,19,20)/t10-/m1/s1. The molecule has 0 aliphatic carbocycles. The summed E-state index contributed by atoms with van der Waals surface area (Å²) in [7, 11) is 0. The van der Waals surface area contributed by atoms with Crippen LogP contribution in [0.5, 0.6) is 0 Å². The first-order valence-electron chi connectivity index (χ1n) is 7.15. The lowest BCUT2D eigenvalue weighted by molar-refractivity contribution is 0.102. The largest absolute Gasteiger partial charge is 0.383 e. The molecular weight excluding hydrogens is 296 g/mol. The van der Waals surface area contributed by atoms with Crippen LogP contribution < -0.4 is 11.5 Å². The van der Waals surface area contributed by atoms with Crippen molar-refractivity contribution in [2.75, 3.05) is 17.2 Å². The number of benzene rings is 1. The molecule has 0 aliphatic heterocycles. The van der Waals surface area contributed by atoms with Crippen molar-refractivity contribution in [2.24, 2.45) is 0 Å². The molecule has 22 heavy (non-hydrogen) atoms. The fourth-order valence-electron chi connectivity index (χ4n) is 1.97. The number of hydrogen-bond acceptors (Lipinski definition) is 6. The van der Waals surface area contributed by atoms with E-state index in [2.05, 4.69) is 23.8 Å². The summed E-state index contributed by atoms with van der Waals surface area (Å²) < 4.78 is 0. The number of nitrogens with two attached hydrogens (primary N) is 2. The van der Waals surface area contributed by atoms with E-state index in [0.717, 1.165) is 6.42 Å². The number of anilines is 2. The lowest BCUT2D eigenvalue weighted by Gasteiger charge is -2.09. The molecule has 0 unspecified atom stereocenters. The van der Waals surface area contributed by atoms with E-state index in [-0.39, 0.29) is 11.5 Å². The van der Waals surface area contributed by atoms with Gasteiger partial charge in [0.05, 0.1) is 5.75 Å². The van der Waals surface area contributed by atoms with Crippen LogP contribution in [0.1, 0.15) is 42.1 Å². The van der Waals surface area contributed by atoms with Crippen molar-refractivity contribution in [3.63, 3.8) is 0 Å². The molecule has 5 nitrogen and oxygen atoms in total. The number of Topliss-reactive ketones (excluding diaryl/α,β-unsaturated/α-hetero) is 1. The second kappa shape index (κ2) is 7.26. The molecule has 0 fully saturated rings. The van der Waals surface area contributed by atoms with Gasteiger partial charge >= 0.3 is 0 Å². The summed E-state index contributed by atoms with van der Waals surface area (Å²) in [5, 5.41) is 0.419. The number of nitrogen functional groups attached to an aromatic ring is 2. The molecule has 2 rings (SSSR count). The SMILES string of the molecule is CC[C@@H](C)c1ccc(C(=O)CSc2nc(N)cc(N)n2)cc1. The minimum atomic E-state index is 0.0327. The molecular formula is C16H20N4OS. The van der Waals surface area contributed by atoms with Crippen LogP contribution in [0.2, 0.25) is 0 Å². The Bertz CT molecular complexity index is 637. The molecule has 1 aromatic heterocycles. The zero-order valence-electron chi connectivity index (χ0n) is 12.7. The number of hydrogen-bond donors (Lipinski definition) is 2. The Balaban J connectivity index is 2.00. The Hall–Kier alpha value is -2.08. The first-order valence-corrected chi connectivity index (χ1v) is 8.14. The Morgan fingerprint density at radius 2 is 1.77 bits per heavy atom. The van der Waals surface area contributed by atoms with Crippen molar-refractivity contribution < 1.29 is 4.79 Å². The number of thioether (sulfide) groups is 1. The van der Waals surface area contributed by atoms with Gasteiger partial charge in [0.2, 0.25) is 0 Å². The average molecular weight is 316 g/mol. The molecule has 4 N–H and O–H groups in total. The molecule has 0 radical (unpaired) electrons. The Labute approximate surface area is 134 Å². The number of carbonyl (C=O) groups is 1. The van der Waals surface area contributed by atoms with E-state index in [0.29, 0.717) is 28.3 Å². The first-order chi connectivity index (χ1) is 10.5. The lowest BCUT2D eigenvalue weighted by atomic mass is 9.97. The van der Waals surface area contributed by atoms with Gasteiger partial charge in [0.1, 0.15) is 11.6 Å². The number of carbonyl (C=O) groups excluding carboxylic acids is 1. The van der Waals surface area contributed by atoms with E-state index in [1.54, 1.807) is 0 Å². The average Bonchev–Trinajstić information content (AvgIpc) is 2.51. The van der Waals surface area contributed by atoms with Gasteiger partial charge in [-0.15, -0.1) is 0 Å². The number of rotatable bonds is 6. The second-order valence-corrected chi connectivity index (χ2v) is 6.09. The highest BCUT2D eigenvalue weighted by molar-refractivity contribution is 7.99. The van der Waals surface area contributed by atoms with E-state index in [1.165, 1.54) is 23.4 Å². The van der Waals surface area contributed by atoms with Gasteiger partial charge in [0, 0.05) is 11.6 Å². The summed E-state index contributed by atoms with van der Waals surface area (Å²) in [5.41, 5.74) is 13.2. The number of nitrogens with zero attached hydrogens (tertiary/aromatic N) is 2. The molecule has 0 amide bonds. The smallest absolute Gasteiger partial charge is 0.191 e. The molecule has 6 heteroatoms. The number of ketones is 1. The summed E-state index contributed by atoms with van der Waals surface area (Å²) in [5.74, 6) is 1.40. The highest BCUT2D eigenvalue weighted by atomic mass is 32.2. The fourth-order valence-corrected chi connectivity index (χ4v) is 2.74. The highest BCUT2D eigenvalue weighted by Gasteiger charge is 2.10. The van der Waals surface area contributed by atoms with Crippen molar-refractivity contribution in [1.29, 1.82) is 0 Å². The molecule has 0 aliphatic rings. The van der Waals surface area contributed by atoms with Gasteiger partial charge in [-0.3, -0.25) is 4.79 Å². The van der Waals surface area contributed by atoms with E-state index < -0.39 is 0 Å². The zero-order valence-corrected chi connectivity index (χ0v) is 13.6. The van der Waals surface area contributed by atoms with Crippen molar-refractivity contribution in [1.82, 2.24) is 9.97 Å². The van der Waals surface area contributed by atoms with Crippen molar-refractivity contribution in [3.8, 4) is 0 Å². The molecule has 1 aromatic carbocycles. The van der Waals surface area contributed by atoms with Crippen LogP contribution in [-0.4, -0.2) is 21.5 Å². The van der Waals surface area contributed by atoms with Crippen molar-refractivity contribution >= 4 is 29.2 Å². The van der Waals surface area contributed by atoms with Crippen molar-refractivity contribution in [3.05, 3.63) is 41.5 Å². The third-order valence-electron chi connectivity index (χ3n) is 3.49. The summed E-state index contributed by atoms with van der Waals surface area (Å²) >= 11 is 1.23. The van der Waals surface area contributed by atoms with E-state index in [4.69, 9.17) is 11.5 Å². The maximum Gasteiger partial charge on any atom is 0.191 e. The van der Waals surface area contributed by atoms with Gasteiger partial charge in [0.15, 0.2) is 10.9 Å². The van der Waals surface area contributed by atoms with Gasteiger partial charge in [-0.05, 0) is 17.9 Å². The van der Waals surface area contributed by atoms with Gasteiger partial charge in [-0.2, -0.15) is 0 Å². The second-order valence-electron chi connectivity index (χ2n) is 5.14. The van der Waals surface area contributed by atoms with Crippen molar-refractivity contribution in [2.45, 2.75) is 31.3 Å². The van der Waals surface area contributed by atoms with Crippen LogP contribution in [0.25, 0.3) is 0 Å². The first kappa shape index (κ1) is 16.3. The fraction of sp³-hybridized carbons (Fsp3) is 0.312. The van der Waals surface area contributed by atoms with Gasteiger partial charge < -0.3 is 11.5 Å². The summed E-state index contributed by atoms with van der Waals surface area (Å²) in [6.07, 6.45) is 1.08. The topological polar surface area (TPSA) is 94.9 Å². The molecule has 0 spiro atoms. The predicted molar refractivity (Wildman–Crippen MR) is 91.1 cm³/mol. The van der Waals surface area contributed by atoms with Gasteiger partial charge in [-0.1, -0.05) is 49.9 Å². The minimum Gasteiger partial charge on any atom is -0.383 e. The molecule has 0 saturated heterocycles. The number of aromatic nitrogens is 2. The van der Waals surface area contributed by atoms with E-state index >= 15 is 0 Å². The van der Waals surface area contributed by atoms with Gasteiger partial charge in [0.25, 0.3) is 0 Å². The van der Waals surface area contributed by atoms with Crippen LogP contribution in [0.15, 0.2) is 35.5 Å². The van der Waals surface area contributed by atoms with Crippen LogP contribution in [0, 0.1) is 0 Å². The van der Waals surface area contributed by atoms with E-state index in [9.17, 15) is 4.79 Å². The molecule has 2 aromatic rings. The molecule has 0 bridgehead atoms. The summed E-state index contributed by atoms with van der Waals surface area (Å²) in [4.78, 5) is 20.3. The van der Waals surface area contributed by atoms with Crippen LogP contribution in [-0.2, 0) is 0 Å². The quantitative estimate of drug-likeness (QED) is 0.483. The van der Waals surface area contributed by atoms with Crippen LogP contribution in [0.3, 0.4) is 0 Å². The predicted octanol–water partition coefficient (Wildman–Crippen LogP) is 3.13. The Morgan fingerprint density at radius 3 is 2.32 bits per heavy atom. The van der Waals surface area contributed by atoms with Crippen LogP contribution >= 0.6 is 11.8 Å². The summed E-state index contributed by atoms with van der Waals surface area (Å²) in [6.45, 7) is 4.33. The molecule has 1 atom stereocenters. The van der Waals surface area contributed by atoms with E-state index in [1.807, 2.05) is 24.3 Å². The monoisotopic (exact) mass is 316 g/mol. The normalized spacial score (nSPS) is 12.1. The zero-order chi connectivity index (χ0) is 16.1. The maximum absolute atomic E-state index is 12.2. The van der Waals surface area contributed by atoms with Crippen LogP contribution in [0.4, 0.5) is 11.6 Å². The third-order valence-corrected chi connectivity index (χ3v) is 4.34.